The molecule has 2 amide bonds. The van der Waals surface area contributed by atoms with Crippen molar-refractivity contribution in [2.24, 2.45) is 11.8 Å². The number of carbonyl (C=O) groups excluding carboxylic acids is 1. The van der Waals surface area contributed by atoms with Gasteiger partial charge in [-0.3, -0.25) is 4.79 Å². The van der Waals surface area contributed by atoms with Crippen molar-refractivity contribution in [3.63, 3.8) is 0 Å². The summed E-state index contributed by atoms with van der Waals surface area (Å²) >= 11 is 0. The van der Waals surface area contributed by atoms with Crippen molar-refractivity contribution in [1.29, 1.82) is 0 Å². The average molecular weight is 284 g/mol. The number of likely N-dealkylation sites (tertiary alicyclic amines) is 1. The van der Waals surface area contributed by atoms with E-state index in [1.807, 2.05) is 11.9 Å². The van der Waals surface area contributed by atoms with Gasteiger partial charge in [-0.15, -0.1) is 0 Å². The number of aliphatic carboxylic acids is 1. The van der Waals surface area contributed by atoms with E-state index in [0.29, 0.717) is 12.5 Å². The van der Waals surface area contributed by atoms with Crippen LogP contribution in [0.3, 0.4) is 0 Å². The number of piperidine rings is 1. The Labute approximate surface area is 121 Å². The maximum Gasteiger partial charge on any atom is 0.319 e. The fourth-order valence-electron chi connectivity index (χ4n) is 2.90. The van der Waals surface area contributed by atoms with Crippen LogP contribution >= 0.6 is 0 Å². The number of carboxylic acids is 1. The van der Waals surface area contributed by atoms with Gasteiger partial charge in [-0.2, -0.15) is 0 Å². The summed E-state index contributed by atoms with van der Waals surface area (Å²) in [4.78, 5) is 26.9. The van der Waals surface area contributed by atoms with E-state index in [0.717, 1.165) is 25.8 Å². The lowest BCUT2D eigenvalue weighted by Gasteiger charge is -2.37. The van der Waals surface area contributed by atoms with Crippen LogP contribution in [0.1, 0.15) is 46.5 Å². The number of hydrogen-bond acceptors (Lipinski definition) is 2. The van der Waals surface area contributed by atoms with Crippen LogP contribution in [0.5, 0.6) is 0 Å². The summed E-state index contributed by atoms with van der Waals surface area (Å²) in [6.07, 6.45) is 2.95. The maximum absolute atomic E-state index is 12.5. The Kier molecular flexibility index (Phi) is 6.30. The lowest BCUT2D eigenvalue weighted by atomic mass is 9.95. The highest BCUT2D eigenvalue weighted by atomic mass is 16.4. The van der Waals surface area contributed by atoms with Crippen LogP contribution in [0.15, 0.2) is 0 Å². The van der Waals surface area contributed by atoms with E-state index < -0.39 is 5.97 Å². The molecule has 5 nitrogen and oxygen atoms in total. The largest absolute Gasteiger partial charge is 0.481 e. The third-order valence-electron chi connectivity index (χ3n) is 4.03. The van der Waals surface area contributed by atoms with Gasteiger partial charge >= 0.3 is 12.0 Å². The summed E-state index contributed by atoms with van der Waals surface area (Å²) in [5.41, 5.74) is 0. The van der Waals surface area contributed by atoms with E-state index in [2.05, 4.69) is 20.8 Å². The fourth-order valence-corrected chi connectivity index (χ4v) is 2.90. The molecule has 2 unspecified atom stereocenters. The molecule has 0 radical (unpaired) electrons. The van der Waals surface area contributed by atoms with Gasteiger partial charge in [-0.05, 0) is 38.0 Å². The van der Waals surface area contributed by atoms with Gasteiger partial charge in [0.25, 0.3) is 0 Å². The summed E-state index contributed by atoms with van der Waals surface area (Å²) in [5.74, 6) is -0.119. The molecular weight excluding hydrogens is 256 g/mol. The molecule has 1 heterocycles. The van der Waals surface area contributed by atoms with Crippen molar-refractivity contribution in [3.8, 4) is 0 Å². The average Bonchev–Trinajstić information content (AvgIpc) is 2.35. The maximum atomic E-state index is 12.5. The molecule has 0 aliphatic carbocycles. The first-order valence-electron chi connectivity index (χ1n) is 7.54. The molecule has 20 heavy (non-hydrogen) atoms. The van der Waals surface area contributed by atoms with Gasteiger partial charge in [-0.25, -0.2) is 4.79 Å². The van der Waals surface area contributed by atoms with E-state index in [9.17, 15) is 9.59 Å². The van der Waals surface area contributed by atoms with Gasteiger partial charge in [-0.1, -0.05) is 13.8 Å². The Bertz CT molecular complexity index is 344. The molecule has 1 aliphatic rings. The Hall–Kier alpha value is -1.26. The van der Waals surface area contributed by atoms with Gasteiger partial charge in [0.2, 0.25) is 0 Å². The summed E-state index contributed by atoms with van der Waals surface area (Å²) in [6.45, 7) is 7.69. The molecular formula is C15H28N2O3. The molecule has 1 fully saturated rings. The molecule has 0 saturated carbocycles. The van der Waals surface area contributed by atoms with E-state index in [1.54, 1.807) is 4.90 Å². The summed E-state index contributed by atoms with van der Waals surface area (Å²) in [5, 5.41) is 8.87. The summed E-state index contributed by atoms with van der Waals surface area (Å²) in [6, 6.07) is 0.246. The predicted molar refractivity (Wildman–Crippen MR) is 78.6 cm³/mol. The first kappa shape index (κ1) is 16.8. The molecule has 0 aromatic rings. The molecule has 0 aromatic carbocycles. The topological polar surface area (TPSA) is 60.9 Å². The SMILES string of the molecule is CC(C)CC(C)N(C)C(=O)N1CCCC(CC(=O)O)C1. The van der Waals surface area contributed by atoms with Crippen molar-refractivity contribution in [2.45, 2.75) is 52.5 Å². The van der Waals surface area contributed by atoms with Crippen LogP contribution in [0.25, 0.3) is 0 Å². The monoisotopic (exact) mass is 284 g/mol. The zero-order valence-corrected chi connectivity index (χ0v) is 13.1. The van der Waals surface area contributed by atoms with Crippen LogP contribution in [-0.4, -0.2) is 53.1 Å². The molecule has 0 aromatic heterocycles. The molecule has 0 bridgehead atoms. The number of rotatable bonds is 5. The van der Waals surface area contributed by atoms with Crippen molar-refractivity contribution in [3.05, 3.63) is 0 Å². The second-order valence-electron chi connectivity index (χ2n) is 6.42. The second kappa shape index (κ2) is 7.50. The minimum absolute atomic E-state index is 0.0354. The summed E-state index contributed by atoms with van der Waals surface area (Å²) < 4.78 is 0. The van der Waals surface area contributed by atoms with Gasteiger partial charge in [0.15, 0.2) is 0 Å². The molecule has 1 aliphatic heterocycles. The zero-order chi connectivity index (χ0) is 15.3. The van der Waals surface area contributed by atoms with E-state index in [4.69, 9.17) is 5.11 Å². The Balaban J connectivity index is 2.55. The van der Waals surface area contributed by atoms with Crippen molar-refractivity contribution < 1.29 is 14.7 Å². The van der Waals surface area contributed by atoms with Gasteiger partial charge in [0, 0.05) is 32.6 Å². The van der Waals surface area contributed by atoms with Gasteiger partial charge < -0.3 is 14.9 Å². The third kappa shape index (κ3) is 5.02. The second-order valence-corrected chi connectivity index (χ2v) is 6.42. The van der Waals surface area contributed by atoms with Gasteiger partial charge in [0.05, 0.1) is 0 Å². The molecule has 116 valence electrons. The van der Waals surface area contributed by atoms with Crippen LogP contribution in [0, 0.1) is 11.8 Å². The molecule has 0 spiro atoms. The highest BCUT2D eigenvalue weighted by Crippen LogP contribution is 2.21. The van der Waals surface area contributed by atoms with E-state index in [-0.39, 0.29) is 24.4 Å². The van der Waals surface area contributed by atoms with Crippen LogP contribution in [-0.2, 0) is 4.79 Å². The molecule has 1 rings (SSSR count). The lowest BCUT2D eigenvalue weighted by Crippen LogP contribution is -2.49. The lowest BCUT2D eigenvalue weighted by molar-refractivity contribution is -0.138. The van der Waals surface area contributed by atoms with E-state index in [1.165, 1.54) is 0 Å². The van der Waals surface area contributed by atoms with Crippen LogP contribution in [0.4, 0.5) is 4.79 Å². The first-order valence-corrected chi connectivity index (χ1v) is 7.54. The highest BCUT2D eigenvalue weighted by molar-refractivity contribution is 5.74. The molecule has 1 N–H and O–H groups in total. The first-order chi connectivity index (χ1) is 9.31. The van der Waals surface area contributed by atoms with E-state index >= 15 is 0 Å². The normalized spacial score (nSPS) is 20.9. The van der Waals surface area contributed by atoms with Crippen molar-refractivity contribution in [2.75, 3.05) is 20.1 Å². The Morgan fingerprint density at radius 1 is 1.35 bits per heavy atom. The number of carboxylic acid groups (broad SMARTS) is 1. The van der Waals surface area contributed by atoms with Crippen molar-refractivity contribution >= 4 is 12.0 Å². The minimum Gasteiger partial charge on any atom is -0.481 e. The Morgan fingerprint density at radius 3 is 2.55 bits per heavy atom. The molecule has 2 atom stereocenters. The number of amides is 2. The highest BCUT2D eigenvalue weighted by Gasteiger charge is 2.28. The molecule has 5 heteroatoms. The predicted octanol–water partition coefficient (Wildman–Crippen LogP) is 2.66. The fraction of sp³-hybridized carbons (Fsp3) is 0.867. The Morgan fingerprint density at radius 2 is 2.00 bits per heavy atom. The zero-order valence-electron chi connectivity index (χ0n) is 13.1. The minimum atomic E-state index is -0.772. The molecule has 1 saturated heterocycles. The third-order valence-corrected chi connectivity index (χ3v) is 4.03. The van der Waals surface area contributed by atoms with Crippen LogP contribution < -0.4 is 0 Å². The standard InChI is InChI=1S/C15H28N2O3/c1-11(2)8-12(3)16(4)15(20)17-7-5-6-13(10-17)9-14(18)19/h11-13H,5-10H2,1-4H3,(H,18,19). The summed E-state index contributed by atoms with van der Waals surface area (Å²) in [7, 11) is 1.84. The van der Waals surface area contributed by atoms with Gasteiger partial charge in [0.1, 0.15) is 0 Å². The van der Waals surface area contributed by atoms with Crippen LogP contribution in [0.2, 0.25) is 0 Å². The van der Waals surface area contributed by atoms with Crippen molar-refractivity contribution in [1.82, 2.24) is 9.80 Å². The number of nitrogens with zero attached hydrogens (tertiary/aromatic N) is 2. The smallest absolute Gasteiger partial charge is 0.319 e. The quantitative estimate of drug-likeness (QED) is 0.844. The number of carbonyl (C=O) groups is 2. The number of urea groups is 1. The number of hydrogen-bond donors (Lipinski definition) is 1.